The van der Waals surface area contributed by atoms with Crippen LogP contribution in [0.1, 0.15) is 35.8 Å². The Kier molecular flexibility index (Phi) is 4.90. The monoisotopic (exact) mass is 399 g/mol. The van der Waals surface area contributed by atoms with Crippen molar-refractivity contribution in [1.82, 2.24) is 0 Å². The number of hydrogen-bond donors (Lipinski definition) is 2. The summed E-state index contributed by atoms with van der Waals surface area (Å²) in [6.07, 6.45) is 0.563. The number of halogens is 2. The van der Waals surface area contributed by atoms with E-state index in [1.807, 2.05) is 12.1 Å². The van der Waals surface area contributed by atoms with Gasteiger partial charge in [-0.05, 0) is 60.5 Å². The highest BCUT2D eigenvalue weighted by Gasteiger charge is 2.37. The summed E-state index contributed by atoms with van der Waals surface area (Å²) in [6, 6.07) is 18.6. The second-order valence-corrected chi connectivity index (χ2v) is 7.47. The molecule has 0 unspecified atom stereocenters. The maximum atomic E-state index is 10.4. The average molecular weight is 400 g/mol. The molecule has 3 aromatic rings. The predicted octanol–water partition coefficient (Wildman–Crippen LogP) is 6.55. The molecule has 1 aliphatic rings. The molecule has 4 rings (SSSR count). The summed E-state index contributed by atoms with van der Waals surface area (Å²) in [7, 11) is 0. The van der Waals surface area contributed by atoms with Crippen molar-refractivity contribution >= 4 is 28.9 Å². The molecule has 0 saturated heterocycles. The minimum atomic E-state index is -0.428. The molecule has 0 saturated carbocycles. The molecule has 0 aliphatic carbocycles. The highest BCUT2D eigenvalue weighted by atomic mass is 35.5. The van der Waals surface area contributed by atoms with Gasteiger partial charge in [0, 0.05) is 26.9 Å². The lowest BCUT2D eigenvalue weighted by atomic mass is 9.97. The molecular formula is C22H19Cl2NO2. The minimum absolute atomic E-state index is 0.149. The third-order valence-electron chi connectivity index (χ3n) is 4.84. The van der Waals surface area contributed by atoms with Crippen LogP contribution in [0, 0.1) is 0 Å². The summed E-state index contributed by atoms with van der Waals surface area (Å²) in [5.74, 6) is 0.892. The molecule has 3 aromatic carbocycles. The first-order chi connectivity index (χ1) is 13.0. The second kappa shape index (κ2) is 7.34. The first kappa shape index (κ1) is 18.0. The number of phenolic OH excluding ortho intramolecular Hbond substituents is 1. The second-order valence-electron chi connectivity index (χ2n) is 6.60. The van der Waals surface area contributed by atoms with Crippen LogP contribution in [-0.4, -0.2) is 5.11 Å². The molecule has 0 spiro atoms. The van der Waals surface area contributed by atoms with Gasteiger partial charge in [0.1, 0.15) is 11.5 Å². The van der Waals surface area contributed by atoms with E-state index in [-0.39, 0.29) is 11.8 Å². The molecule has 0 bridgehead atoms. The van der Waals surface area contributed by atoms with Crippen LogP contribution >= 0.6 is 23.2 Å². The fourth-order valence-corrected chi connectivity index (χ4v) is 3.76. The molecule has 27 heavy (non-hydrogen) atoms. The molecule has 0 fully saturated rings. The molecule has 0 amide bonds. The topological polar surface area (TPSA) is 41.5 Å². The molecular weight excluding hydrogens is 381 g/mol. The van der Waals surface area contributed by atoms with E-state index >= 15 is 0 Å². The van der Waals surface area contributed by atoms with Crippen LogP contribution < -0.4 is 10.1 Å². The summed E-state index contributed by atoms with van der Waals surface area (Å²) in [4.78, 5) is 0. The van der Waals surface area contributed by atoms with Gasteiger partial charge in [-0.3, -0.25) is 0 Å². The lowest BCUT2D eigenvalue weighted by Crippen LogP contribution is -2.18. The van der Waals surface area contributed by atoms with Crippen LogP contribution in [0.4, 0.5) is 5.69 Å². The van der Waals surface area contributed by atoms with Crippen molar-refractivity contribution in [2.75, 3.05) is 5.32 Å². The van der Waals surface area contributed by atoms with Crippen LogP contribution in [0.3, 0.4) is 0 Å². The maximum Gasteiger partial charge on any atom is 0.152 e. The van der Waals surface area contributed by atoms with Crippen molar-refractivity contribution < 1.29 is 9.84 Å². The molecule has 0 radical (unpaired) electrons. The van der Waals surface area contributed by atoms with E-state index in [0.29, 0.717) is 15.6 Å². The number of benzene rings is 3. The third-order valence-corrected chi connectivity index (χ3v) is 5.31. The standard InChI is InChI=1S/C22H19Cl2NO2/c1-2-13-3-7-16(8-4-13)25-21-18-12-15(24)6-10-20(18)27-22(21)17-11-14(23)5-9-19(17)26/h3-12,21-22,25-26H,2H2,1H3/t21-,22+/m0/s1. The van der Waals surface area contributed by atoms with E-state index in [1.165, 1.54) is 5.56 Å². The summed E-state index contributed by atoms with van der Waals surface area (Å²) >= 11 is 12.4. The molecule has 0 aromatic heterocycles. The lowest BCUT2D eigenvalue weighted by Gasteiger charge is -2.23. The number of aryl methyl sites for hydroxylation is 1. The van der Waals surface area contributed by atoms with Gasteiger partial charge in [-0.15, -0.1) is 0 Å². The van der Waals surface area contributed by atoms with Gasteiger partial charge in [-0.2, -0.15) is 0 Å². The van der Waals surface area contributed by atoms with E-state index < -0.39 is 6.10 Å². The van der Waals surface area contributed by atoms with Gasteiger partial charge in [0.2, 0.25) is 0 Å². The van der Waals surface area contributed by atoms with Crippen molar-refractivity contribution in [3.63, 3.8) is 0 Å². The van der Waals surface area contributed by atoms with Crippen LogP contribution in [0.2, 0.25) is 10.0 Å². The Morgan fingerprint density at radius 2 is 1.59 bits per heavy atom. The van der Waals surface area contributed by atoms with E-state index in [1.54, 1.807) is 24.3 Å². The Morgan fingerprint density at radius 1 is 0.926 bits per heavy atom. The van der Waals surface area contributed by atoms with Gasteiger partial charge >= 0.3 is 0 Å². The van der Waals surface area contributed by atoms with Crippen LogP contribution in [0.25, 0.3) is 0 Å². The van der Waals surface area contributed by atoms with Gasteiger partial charge in [-0.25, -0.2) is 0 Å². The normalized spacial score (nSPS) is 18.0. The van der Waals surface area contributed by atoms with Gasteiger partial charge in [0.05, 0.1) is 6.04 Å². The lowest BCUT2D eigenvalue weighted by molar-refractivity contribution is 0.214. The van der Waals surface area contributed by atoms with Crippen molar-refractivity contribution in [3.05, 3.63) is 87.4 Å². The zero-order valence-corrected chi connectivity index (χ0v) is 16.3. The number of nitrogens with one attached hydrogen (secondary N) is 1. The highest BCUT2D eigenvalue weighted by molar-refractivity contribution is 6.31. The third kappa shape index (κ3) is 3.58. The zero-order chi connectivity index (χ0) is 19.0. The number of anilines is 1. The number of rotatable bonds is 4. The molecule has 1 aliphatic heterocycles. The Hall–Kier alpha value is -2.36. The largest absolute Gasteiger partial charge is 0.508 e. The van der Waals surface area contributed by atoms with Crippen molar-refractivity contribution in [1.29, 1.82) is 0 Å². The molecule has 1 heterocycles. The Balaban J connectivity index is 1.75. The summed E-state index contributed by atoms with van der Waals surface area (Å²) < 4.78 is 6.17. The van der Waals surface area contributed by atoms with Gasteiger partial charge in [-0.1, -0.05) is 42.3 Å². The maximum absolute atomic E-state index is 10.4. The number of ether oxygens (including phenoxy) is 1. The van der Waals surface area contributed by atoms with Gasteiger partial charge in [0.25, 0.3) is 0 Å². The summed E-state index contributed by atoms with van der Waals surface area (Å²) in [5.41, 5.74) is 3.83. The average Bonchev–Trinajstić information content (AvgIpc) is 3.02. The zero-order valence-electron chi connectivity index (χ0n) is 14.7. The van der Waals surface area contributed by atoms with E-state index in [9.17, 15) is 5.11 Å². The molecule has 2 atom stereocenters. The Labute approximate surface area is 168 Å². The molecule has 5 heteroatoms. The van der Waals surface area contributed by atoms with E-state index in [4.69, 9.17) is 27.9 Å². The van der Waals surface area contributed by atoms with Crippen molar-refractivity contribution in [3.8, 4) is 11.5 Å². The van der Waals surface area contributed by atoms with Gasteiger partial charge in [0.15, 0.2) is 6.10 Å². The highest BCUT2D eigenvalue weighted by Crippen LogP contribution is 2.49. The fourth-order valence-electron chi connectivity index (χ4n) is 3.40. The number of phenols is 1. The van der Waals surface area contributed by atoms with E-state index in [2.05, 4.69) is 36.5 Å². The Morgan fingerprint density at radius 3 is 2.30 bits per heavy atom. The smallest absolute Gasteiger partial charge is 0.152 e. The van der Waals surface area contributed by atoms with Crippen molar-refractivity contribution in [2.45, 2.75) is 25.5 Å². The minimum Gasteiger partial charge on any atom is -0.508 e. The van der Waals surface area contributed by atoms with E-state index in [0.717, 1.165) is 23.4 Å². The molecule has 138 valence electrons. The van der Waals surface area contributed by atoms with Crippen LogP contribution in [0.15, 0.2) is 60.7 Å². The predicted molar refractivity (Wildman–Crippen MR) is 110 cm³/mol. The fraction of sp³-hybridized carbons (Fsp3) is 0.182. The number of fused-ring (bicyclic) bond motifs is 1. The SMILES string of the molecule is CCc1ccc(N[C@H]2c3cc(Cl)ccc3O[C@@H]2c2cc(Cl)ccc2O)cc1. The summed E-state index contributed by atoms with van der Waals surface area (Å²) in [6.45, 7) is 2.13. The first-order valence-electron chi connectivity index (χ1n) is 8.85. The quantitative estimate of drug-likeness (QED) is 0.522. The number of aromatic hydroxyl groups is 1. The van der Waals surface area contributed by atoms with Crippen LogP contribution in [-0.2, 0) is 6.42 Å². The van der Waals surface area contributed by atoms with Gasteiger partial charge < -0.3 is 15.2 Å². The number of hydrogen-bond acceptors (Lipinski definition) is 3. The molecule has 2 N–H and O–H groups in total. The first-order valence-corrected chi connectivity index (χ1v) is 9.60. The Bertz CT molecular complexity index is 973. The molecule has 3 nitrogen and oxygen atoms in total. The van der Waals surface area contributed by atoms with Crippen LogP contribution in [0.5, 0.6) is 11.5 Å². The van der Waals surface area contributed by atoms with Crippen molar-refractivity contribution in [2.24, 2.45) is 0 Å². The summed E-state index contributed by atoms with van der Waals surface area (Å²) in [5, 5.41) is 15.1.